The average molecular weight is 367 g/mol. The Bertz CT molecular complexity index is 544. The summed E-state index contributed by atoms with van der Waals surface area (Å²) in [6.07, 6.45) is 0. The zero-order valence-corrected chi connectivity index (χ0v) is 13.2. The van der Waals surface area contributed by atoms with Crippen molar-refractivity contribution in [1.29, 1.82) is 0 Å². The van der Waals surface area contributed by atoms with E-state index in [9.17, 15) is 4.79 Å². The van der Waals surface area contributed by atoms with Gasteiger partial charge in [-0.2, -0.15) is 0 Å². The molecule has 0 aliphatic heterocycles. The number of hydrogen-bond donors (Lipinski definition) is 0. The fourth-order valence-corrected chi connectivity index (χ4v) is 3.66. The van der Waals surface area contributed by atoms with E-state index < -0.39 is 0 Å². The van der Waals surface area contributed by atoms with E-state index in [1.54, 1.807) is 0 Å². The van der Waals surface area contributed by atoms with Gasteiger partial charge in [0, 0.05) is 0 Å². The second-order valence-corrected chi connectivity index (χ2v) is 7.37. The molecule has 0 aliphatic rings. The molecule has 0 fully saturated rings. The minimum atomic E-state index is -0.142. The molecule has 2 nitrogen and oxygen atoms in total. The van der Waals surface area contributed by atoms with E-state index in [0.29, 0.717) is 0 Å². The van der Waals surface area contributed by atoms with Crippen LogP contribution in [-0.2, 0) is 4.79 Å². The Morgan fingerprint density at radius 2 is 1.53 bits per heavy atom. The van der Waals surface area contributed by atoms with Crippen LogP contribution >= 0.6 is 0 Å². The van der Waals surface area contributed by atoms with E-state index in [1.807, 2.05) is 12.1 Å². The van der Waals surface area contributed by atoms with Crippen LogP contribution in [0.15, 0.2) is 48.5 Å². The molecule has 100 valence electrons. The SMILES string of the molecule is CC(=O)COc1ccc([I-]c2ccc(C)cc2)cc1. The van der Waals surface area contributed by atoms with Crippen molar-refractivity contribution < 1.29 is 30.7 Å². The molecule has 0 radical (unpaired) electrons. The third-order valence-corrected chi connectivity index (χ3v) is 5.17. The third-order valence-electron chi connectivity index (χ3n) is 2.48. The van der Waals surface area contributed by atoms with Crippen molar-refractivity contribution >= 4 is 5.78 Å². The topological polar surface area (TPSA) is 26.3 Å². The second-order valence-electron chi connectivity index (χ2n) is 4.33. The first kappa shape index (κ1) is 14.1. The quantitative estimate of drug-likeness (QED) is 0.701. The van der Waals surface area contributed by atoms with Gasteiger partial charge in [-0.3, -0.25) is 0 Å². The summed E-state index contributed by atoms with van der Waals surface area (Å²) >= 11 is -0.142. The molecule has 0 unspecified atom stereocenters. The first-order valence-corrected chi connectivity index (χ1v) is 8.23. The molecular formula is C16H16IO2-. The van der Waals surface area contributed by atoms with Crippen LogP contribution < -0.4 is 25.9 Å². The van der Waals surface area contributed by atoms with Gasteiger partial charge in [-0.05, 0) is 0 Å². The van der Waals surface area contributed by atoms with Gasteiger partial charge in [0.15, 0.2) is 0 Å². The predicted molar refractivity (Wildman–Crippen MR) is 71.2 cm³/mol. The van der Waals surface area contributed by atoms with Crippen molar-refractivity contribution in [2.45, 2.75) is 13.8 Å². The van der Waals surface area contributed by atoms with Crippen molar-refractivity contribution in [3.8, 4) is 5.75 Å². The molecule has 0 atom stereocenters. The zero-order valence-electron chi connectivity index (χ0n) is 11.0. The monoisotopic (exact) mass is 367 g/mol. The average Bonchev–Trinajstić information content (AvgIpc) is 2.40. The second kappa shape index (κ2) is 6.70. The Morgan fingerprint density at radius 3 is 2.05 bits per heavy atom. The molecule has 0 aliphatic carbocycles. The molecule has 2 aromatic carbocycles. The van der Waals surface area contributed by atoms with Crippen LogP contribution in [0.25, 0.3) is 0 Å². The number of aryl methyl sites for hydroxylation is 1. The number of Topliss-reactive ketones (excluding diaryl/α,β-unsaturated/α-hetero) is 1. The molecule has 19 heavy (non-hydrogen) atoms. The molecule has 0 heterocycles. The van der Waals surface area contributed by atoms with E-state index in [2.05, 4.69) is 43.3 Å². The molecular weight excluding hydrogens is 351 g/mol. The fraction of sp³-hybridized carbons (Fsp3) is 0.188. The maximum absolute atomic E-state index is 10.8. The van der Waals surface area contributed by atoms with Crippen LogP contribution in [-0.4, -0.2) is 12.4 Å². The van der Waals surface area contributed by atoms with Gasteiger partial charge < -0.3 is 0 Å². The van der Waals surface area contributed by atoms with Crippen LogP contribution in [0.3, 0.4) is 0 Å². The van der Waals surface area contributed by atoms with Gasteiger partial charge in [0.1, 0.15) is 0 Å². The molecule has 2 rings (SSSR count). The number of halogens is 1. The van der Waals surface area contributed by atoms with Crippen LogP contribution in [0, 0.1) is 14.1 Å². The number of rotatable bonds is 5. The van der Waals surface area contributed by atoms with Crippen molar-refractivity contribution in [3.05, 3.63) is 61.2 Å². The standard InChI is InChI=1S/C16H16IO2/c1-12-3-5-14(6-4-12)17-15-7-9-16(10-8-15)19-11-13(2)18/h3-10H,11H2,1-2H3/q-1. The molecule has 0 spiro atoms. The van der Waals surface area contributed by atoms with E-state index in [0.717, 1.165) is 5.75 Å². The molecule has 2 aromatic rings. The van der Waals surface area contributed by atoms with Crippen LogP contribution in [0.2, 0.25) is 0 Å². The molecule has 3 heteroatoms. The van der Waals surface area contributed by atoms with Gasteiger partial charge in [0.05, 0.1) is 0 Å². The maximum atomic E-state index is 10.8. The first-order chi connectivity index (χ1) is 9.13. The van der Waals surface area contributed by atoms with Crippen LogP contribution in [0.1, 0.15) is 12.5 Å². The Morgan fingerprint density at radius 1 is 1.00 bits per heavy atom. The summed E-state index contributed by atoms with van der Waals surface area (Å²) in [4.78, 5) is 10.8. The predicted octanol–water partition coefficient (Wildman–Crippen LogP) is 0.0912. The van der Waals surface area contributed by atoms with E-state index >= 15 is 0 Å². The van der Waals surface area contributed by atoms with E-state index in [4.69, 9.17) is 4.74 Å². The summed E-state index contributed by atoms with van der Waals surface area (Å²) in [5.74, 6) is 0.794. The van der Waals surface area contributed by atoms with Gasteiger partial charge in [-0.15, -0.1) is 0 Å². The van der Waals surface area contributed by atoms with Gasteiger partial charge in [0.2, 0.25) is 0 Å². The number of carbonyl (C=O) groups is 1. The van der Waals surface area contributed by atoms with Crippen LogP contribution in [0.5, 0.6) is 5.75 Å². The van der Waals surface area contributed by atoms with Gasteiger partial charge in [0.25, 0.3) is 0 Å². The number of benzene rings is 2. The summed E-state index contributed by atoms with van der Waals surface area (Å²) < 4.78 is 8.10. The summed E-state index contributed by atoms with van der Waals surface area (Å²) in [6.45, 7) is 3.77. The van der Waals surface area contributed by atoms with Gasteiger partial charge in [-0.25, -0.2) is 0 Å². The Balaban J connectivity index is 1.98. The summed E-state index contributed by atoms with van der Waals surface area (Å²) in [7, 11) is 0. The molecule has 0 saturated heterocycles. The van der Waals surface area contributed by atoms with E-state index in [-0.39, 0.29) is 33.6 Å². The minimum absolute atomic E-state index is 0.0381. The normalized spacial score (nSPS) is 10.4. The number of hydrogen-bond acceptors (Lipinski definition) is 2. The van der Waals surface area contributed by atoms with E-state index in [1.165, 1.54) is 19.6 Å². The molecule has 0 saturated carbocycles. The van der Waals surface area contributed by atoms with Crippen molar-refractivity contribution in [2.24, 2.45) is 0 Å². The first-order valence-electron chi connectivity index (χ1n) is 6.07. The number of ether oxygens (including phenoxy) is 1. The van der Waals surface area contributed by atoms with Gasteiger partial charge >= 0.3 is 124 Å². The summed E-state index contributed by atoms with van der Waals surface area (Å²) in [5, 5.41) is 0. The fourth-order valence-electron chi connectivity index (χ4n) is 1.50. The Labute approximate surface area is 124 Å². The zero-order chi connectivity index (χ0) is 13.7. The van der Waals surface area contributed by atoms with Crippen molar-refractivity contribution in [1.82, 2.24) is 0 Å². The summed E-state index contributed by atoms with van der Waals surface area (Å²) in [6, 6.07) is 16.7. The van der Waals surface area contributed by atoms with Crippen molar-refractivity contribution in [2.75, 3.05) is 6.61 Å². The van der Waals surface area contributed by atoms with Crippen molar-refractivity contribution in [3.63, 3.8) is 0 Å². The molecule has 0 amide bonds. The number of ketones is 1. The van der Waals surface area contributed by atoms with Gasteiger partial charge in [-0.1, -0.05) is 0 Å². The molecule has 0 aromatic heterocycles. The number of carbonyl (C=O) groups excluding carboxylic acids is 1. The van der Waals surface area contributed by atoms with Crippen LogP contribution in [0.4, 0.5) is 0 Å². The Hall–Kier alpha value is -1.36. The Kier molecular flexibility index (Phi) is 4.96. The molecule has 0 bridgehead atoms. The summed E-state index contributed by atoms with van der Waals surface area (Å²) in [5.41, 5.74) is 1.29. The molecule has 0 N–H and O–H groups in total. The third kappa shape index (κ3) is 4.67.